The topological polar surface area (TPSA) is 108 Å². The summed E-state index contributed by atoms with van der Waals surface area (Å²) in [5, 5.41) is 22.3. The maximum absolute atomic E-state index is 13.8. The molecule has 0 aliphatic rings. The number of nitrogens with one attached hydrogen (secondary N) is 2. The predicted octanol–water partition coefficient (Wildman–Crippen LogP) is 5.67. The third kappa shape index (κ3) is 6.33. The average Bonchev–Trinajstić information content (AvgIpc) is 3.47. The van der Waals surface area contributed by atoms with Gasteiger partial charge in [-0.1, -0.05) is 39.0 Å². The molecular weight excluding hydrogens is 516 g/mol. The van der Waals surface area contributed by atoms with Gasteiger partial charge in [-0.15, -0.1) is 0 Å². The summed E-state index contributed by atoms with van der Waals surface area (Å²) in [6.45, 7) is 5.97. The summed E-state index contributed by atoms with van der Waals surface area (Å²) in [5.41, 5.74) is 0.318. The van der Waals surface area contributed by atoms with Gasteiger partial charge in [-0.25, -0.2) is 9.38 Å². The SMILES string of the molecule is Cn1cc(C(=O)NC(Cc2cc(-c3ccc(O)c(F)c3)n[nH]2)=Nc2ccccc2C(C)(C)C)c(C(F)(F)F)n1. The van der Waals surface area contributed by atoms with Crippen molar-refractivity contribution in [1.29, 1.82) is 0 Å². The summed E-state index contributed by atoms with van der Waals surface area (Å²) in [5.74, 6) is -2.29. The van der Waals surface area contributed by atoms with Crippen LogP contribution in [0.5, 0.6) is 5.75 Å². The molecule has 0 spiro atoms. The van der Waals surface area contributed by atoms with Crippen LogP contribution in [0, 0.1) is 5.82 Å². The van der Waals surface area contributed by atoms with Gasteiger partial charge < -0.3 is 10.4 Å². The number of aromatic hydroxyl groups is 1. The van der Waals surface area contributed by atoms with Crippen molar-refractivity contribution < 1.29 is 27.5 Å². The fourth-order valence-electron chi connectivity index (χ4n) is 3.97. The lowest BCUT2D eigenvalue weighted by Crippen LogP contribution is -2.33. The molecule has 2 aromatic heterocycles. The Labute approximate surface area is 221 Å². The van der Waals surface area contributed by atoms with Crippen LogP contribution in [0.2, 0.25) is 0 Å². The van der Waals surface area contributed by atoms with Crippen LogP contribution in [0.1, 0.15) is 48.1 Å². The second-order valence-electron chi connectivity index (χ2n) is 9.96. The number of H-pyrrole nitrogens is 1. The molecular formula is C27H26F4N6O2. The van der Waals surface area contributed by atoms with Crippen LogP contribution in [-0.2, 0) is 25.1 Å². The summed E-state index contributed by atoms with van der Waals surface area (Å²) in [4.78, 5) is 17.7. The van der Waals surface area contributed by atoms with Gasteiger partial charge in [0.15, 0.2) is 17.3 Å². The predicted molar refractivity (Wildman–Crippen MR) is 137 cm³/mol. The number of nitrogens with zero attached hydrogens (tertiary/aromatic N) is 4. The van der Waals surface area contributed by atoms with Gasteiger partial charge in [0.25, 0.3) is 5.91 Å². The number of hydrogen-bond donors (Lipinski definition) is 3. The van der Waals surface area contributed by atoms with Crippen LogP contribution < -0.4 is 5.32 Å². The lowest BCUT2D eigenvalue weighted by atomic mass is 9.86. The molecule has 0 unspecified atom stereocenters. The number of aryl methyl sites for hydroxylation is 1. The Hall–Kier alpha value is -4.48. The molecule has 1 amide bonds. The van der Waals surface area contributed by atoms with Gasteiger partial charge >= 0.3 is 6.18 Å². The van der Waals surface area contributed by atoms with Crippen LogP contribution in [-0.4, -0.2) is 36.8 Å². The van der Waals surface area contributed by atoms with Gasteiger partial charge in [0.05, 0.1) is 16.9 Å². The Morgan fingerprint density at radius 3 is 2.51 bits per heavy atom. The number of para-hydroxylation sites is 1. The second-order valence-corrected chi connectivity index (χ2v) is 9.96. The molecule has 0 bridgehead atoms. The Kier molecular flexibility index (Phi) is 7.31. The Balaban J connectivity index is 1.72. The number of aliphatic imine (C=N–C) groups is 1. The normalized spacial score (nSPS) is 12.6. The summed E-state index contributed by atoms with van der Waals surface area (Å²) in [7, 11) is 1.29. The molecule has 8 nitrogen and oxygen atoms in total. The number of carbonyl (C=O) groups is 1. The number of rotatable bonds is 5. The quantitative estimate of drug-likeness (QED) is 0.171. The van der Waals surface area contributed by atoms with E-state index in [9.17, 15) is 27.5 Å². The van der Waals surface area contributed by atoms with Crippen molar-refractivity contribution in [2.24, 2.45) is 12.0 Å². The summed E-state index contributed by atoms with van der Waals surface area (Å²) in [6, 6.07) is 12.6. The molecule has 0 saturated carbocycles. The fraction of sp³-hybridized carbons (Fsp3) is 0.259. The number of benzene rings is 2. The van der Waals surface area contributed by atoms with Crippen molar-refractivity contribution in [3.8, 4) is 17.0 Å². The number of halogens is 4. The van der Waals surface area contributed by atoms with Crippen molar-refractivity contribution in [2.45, 2.75) is 38.8 Å². The number of carbonyl (C=O) groups excluding carboxylic acids is 1. The molecule has 204 valence electrons. The molecule has 2 aromatic carbocycles. The molecule has 0 aliphatic heterocycles. The third-order valence-electron chi connectivity index (χ3n) is 5.80. The maximum Gasteiger partial charge on any atom is 0.435 e. The smallest absolute Gasteiger partial charge is 0.435 e. The lowest BCUT2D eigenvalue weighted by Gasteiger charge is -2.21. The maximum atomic E-state index is 13.8. The molecule has 0 saturated heterocycles. The number of phenolic OH excluding ortho intramolecular Hbond substituents is 1. The van der Waals surface area contributed by atoms with Gasteiger partial charge in [0.1, 0.15) is 5.84 Å². The minimum absolute atomic E-state index is 0.0423. The zero-order valence-electron chi connectivity index (χ0n) is 21.6. The highest BCUT2D eigenvalue weighted by atomic mass is 19.4. The largest absolute Gasteiger partial charge is 0.505 e. The average molecular weight is 543 g/mol. The molecule has 2 heterocycles. The Morgan fingerprint density at radius 2 is 1.85 bits per heavy atom. The van der Waals surface area contributed by atoms with Crippen molar-refractivity contribution >= 4 is 17.4 Å². The Morgan fingerprint density at radius 1 is 1.13 bits per heavy atom. The van der Waals surface area contributed by atoms with E-state index >= 15 is 0 Å². The van der Waals surface area contributed by atoms with E-state index in [4.69, 9.17) is 0 Å². The lowest BCUT2D eigenvalue weighted by molar-refractivity contribution is -0.141. The molecule has 0 aliphatic carbocycles. The number of amides is 1. The summed E-state index contributed by atoms with van der Waals surface area (Å²) >= 11 is 0. The van der Waals surface area contributed by atoms with E-state index in [0.29, 0.717) is 22.6 Å². The number of alkyl halides is 3. The van der Waals surface area contributed by atoms with E-state index in [1.807, 2.05) is 32.9 Å². The minimum atomic E-state index is -4.83. The van der Waals surface area contributed by atoms with Crippen molar-refractivity contribution in [3.63, 3.8) is 0 Å². The molecule has 3 N–H and O–H groups in total. The highest BCUT2D eigenvalue weighted by molar-refractivity contribution is 6.08. The molecule has 39 heavy (non-hydrogen) atoms. The summed E-state index contributed by atoms with van der Waals surface area (Å²) < 4.78 is 55.3. The number of hydrogen-bond acceptors (Lipinski definition) is 5. The Bertz CT molecular complexity index is 1550. The van der Waals surface area contributed by atoms with Crippen molar-refractivity contribution in [2.75, 3.05) is 0 Å². The molecule has 0 radical (unpaired) electrons. The van der Waals surface area contributed by atoms with E-state index in [0.717, 1.165) is 22.5 Å². The van der Waals surface area contributed by atoms with Crippen molar-refractivity contribution in [1.82, 2.24) is 25.3 Å². The fourth-order valence-corrected chi connectivity index (χ4v) is 3.97. The molecule has 12 heteroatoms. The van der Waals surface area contributed by atoms with Gasteiger partial charge in [-0.2, -0.15) is 23.4 Å². The number of phenols is 1. The number of aromatic nitrogens is 4. The molecule has 0 atom stereocenters. The van der Waals surface area contributed by atoms with E-state index in [1.165, 1.54) is 19.2 Å². The molecule has 0 fully saturated rings. The van der Waals surface area contributed by atoms with E-state index in [-0.39, 0.29) is 17.7 Å². The van der Waals surface area contributed by atoms with Crippen LogP contribution in [0.4, 0.5) is 23.2 Å². The first-order valence-corrected chi connectivity index (χ1v) is 11.8. The molecule has 4 aromatic rings. The van der Waals surface area contributed by atoms with Gasteiger partial charge in [0.2, 0.25) is 0 Å². The van der Waals surface area contributed by atoms with Crippen molar-refractivity contribution in [3.05, 3.63) is 83.1 Å². The van der Waals surface area contributed by atoms with Crippen LogP contribution in [0.3, 0.4) is 0 Å². The zero-order chi connectivity index (χ0) is 28.5. The third-order valence-corrected chi connectivity index (χ3v) is 5.80. The van der Waals surface area contributed by atoms with E-state index in [2.05, 4.69) is 25.6 Å². The van der Waals surface area contributed by atoms with Crippen LogP contribution in [0.25, 0.3) is 11.3 Å². The van der Waals surface area contributed by atoms with E-state index < -0.39 is 34.9 Å². The monoisotopic (exact) mass is 542 g/mol. The van der Waals surface area contributed by atoms with Crippen LogP contribution >= 0.6 is 0 Å². The first kappa shape index (κ1) is 27.6. The first-order valence-electron chi connectivity index (χ1n) is 11.8. The van der Waals surface area contributed by atoms with Gasteiger partial charge in [0, 0.05) is 30.9 Å². The number of amidine groups is 1. The van der Waals surface area contributed by atoms with Crippen LogP contribution in [0.15, 0.2) is 59.7 Å². The minimum Gasteiger partial charge on any atom is -0.505 e. The van der Waals surface area contributed by atoms with Gasteiger partial charge in [-0.3, -0.25) is 14.6 Å². The standard InChI is InChI=1S/C27H26F4N6O2/c1-26(2,3)18-7-5-6-8-20(18)32-23(33-25(39)17-14-37(4)36-24(17)27(29,30)31)13-16-12-21(35-34-16)15-9-10-22(38)19(28)11-15/h5-12,14,38H,13H2,1-4H3,(H,34,35)(H,32,33,39). The second kappa shape index (κ2) is 10.4. The van der Waals surface area contributed by atoms with Gasteiger partial charge in [-0.05, 0) is 41.3 Å². The van der Waals surface area contributed by atoms with E-state index in [1.54, 1.807) is 18.2 Å². The first-order chi connectivity index (χ1) is 18.2. The highest BCUT2D eigenvalue weighted by Gasteiger charge is 2.39. The number of aromatic amines is 1. The zero-order valence-corrected chi connectivity index (χ0v) is 21.6. The molecule has 4 rings (SSSR count). The summed E-state index contributed by atoms with van der Waals surface area (Å²) in [6.07, 6.45) is -3.88. The highest BCUT2D eigenvalue weighted by Crippen LogP contribution is 2.32.